The number of para-hydroxylation sites is 2. The molecule has 1 aliphatic rings. The quantitative estimate of drug-likeness (QED) is 0.616. The summed E-state index contributed by atoms with van der Waals surface area (Å²) in [6.45, 7) is 1.47. The van der Waals surface area contributed by atoms with Gasteiger partial charge in [0.25, 0.3) is 0 Å². The topological polar surface area (TPSA) is 63.2 Å². The molecular formula is C22H23Cl2N3O2. The first-order chi connectivity index (χ1) is 13.3. The van der Waals surface area contributed by atoms with E-state index in [1.54, 1.807) is 12.4 Å². The molecule has 2 heterocycles. The Balaban J connectivity index is 0.00000150. The lowest BCUT2D eigenvalue weighted by atomic mass is 9.88. The number of nitrogens with zero attached hydrogens (tertiary/aromatic N) is 1. The zero-order valence-electron chi connectivity index (χ0n) is 15.7. The zero-order valence-corrected chi connectivity index (χ0v) is 17.3. The molecule has 0 aliphatic carbocycles. The van der Waals surface area contributed by atoms with Crippen molar-refractivity contribution in [3.8, 4) is 11.5 Å². The maximum Gasteiger partial charge on any atom is 0.229 e. The van der Waals surface area contributed by atoms with Crippen LogP contribution in [0.5, 0.6) is 11.5 Å². The van der Waals surface area contributed by atoms with E-state index in [2.05, 4.69) is 27.8 Å². The van der Waals surface area contributed by atoms with Crippen LogP contribution < -0.4 is 15.4 Å². The van der Waals surface area contributed by atoms with Crippen molar-refractivity contribution in [3.05, 3.63) is 84.7 Å². The van der Waals surface area contributed by atoms with E-state index in [4.69, 9.17) is 4.74 Å². The van der Waals surface area contributed by atoms with Crippen LogP contribution in [-0.4, -0.2) is 24.0 Å². The molecule has 1 aliphatic heterocycles. The Morgan fingerprint density at radius 1 is 0.966 bits per heavy atom. The Morgan fingerprint density at radius 2 is 1.72 bits per heavy atom. The summed E-state index contributed by atoms with van der Waals surface area (Å²) in [4.78, 5) is 17.0. The highest BCUT2D eigenvalue weighted by atomic mass is 35.5. The molecule has 5 nitrogen and oxygen atoms in total. The normalized spacial score (nSPS) is 17.5. The second-order valence-corrected chi connectivity index (χ2v) is 6.56. The first-order valence-electron chi connectivity index (χ1n) is 9.05. The SMILES string of the molecule is Cl.Cl.O=C(Nc1ccccc1Oc1cccnc1)[C@@H]1CNC[C@H]1c1ccccc1. The molecule has 1 aromatic heterocycles. The van der Waals surface area contributed by atoms with Crippen LogP contribution in [0.25, 0.3) is 0 Å². The van der Waals surface area contributed by atoms with Crippen molar-refractivity contribution in [2.45, 2.75) is 5.92 Å². The number of rotatable bonds is 5. The minimum Gasteiger partial charge on any atom is -0.454 e. The Labute approximate surface area is 182 Å². The lowest BCUT2D eigenvalue weighted by Gasteiger charge is -2.19. The highest BCUT2D eigenvalue weighted by molar-refractivity contribution is 5.95. The van der Waals surface area contributed by atoms with Crippen molar-refractivity contribution in [1.82, 2.24) is 10.3 Å². The van der Waals surface area contributed by atoms with E-state index >= 15 is 0 Å². The van der Waals surface area contributed by atoms with Crippen LogP contribution in [-0.2, 0) is 4.79 Å². The average Bonchev–Trinajstić information content (AvgIpc) is 3.21. The number of hydrogen-bond donors (Lipinski definition) is 2. The van der Waals surface area contributed by atoms with Crippen LogP contribution >= 0.6 is 24.8 Å². The van der Waals surface area contributed by atoms with Gasteiger partial charge in [-0.2, -0.15) is 0 Å². The molecule has 1 fully saturated rings. The number of ether oxygens (including phenoxy) is 1. The molecule has 1 amide bonds. The number of carbonyl (C=O) groups is 1. The fourth-order valence-corrected chi connectivity index (χ4v) is 3.42. The number of halogens is 2. The molecule has 1 saturated heterocycles. The van der Waals surface area contributed by atoms with Gasteiger partial charge >= 0.3 is 0 Å². The third-order valence-electron chi connectivity index (χ3n) is 4.79. The van der Waals surface area contributed by atoms with Gasteiger partial charge in [-0.15, -0.1) is 24.8 Å². The molecule has 2 N–H and O–H groups in total. The third kappa shape index (κ3) is 5.48. The largest absolute Gasteiger partial charge is 0.454 e. The summed E-state index contributed by atoms with van der Waals surface area (Å²) in [6.07, 6.45) is 3.34. The summed E-state index contributed by atoms with van der Waals surface area (Å²) in [5, 5.41) is 6.39. The monoisotopic (exact) mass is 431 g/mol. The molecule has 2 atom stereocenters. The van der Waals surface area contributed by atoms with E-state index in [0.717, 1.165) is 6.54 Å². The summed E-state index contributed by atoms with van der Waals surface area (Å²) >= 11 is 0. The smallest absolute Gasteiger partial charge is 0.229 e. The van der Waals surface area contributed by atoms with Crippen LogP contribution in [0.15, 0.2) is 79.1 Å². The van der Waals surface area contributed by atoms with Crippen molar-refractivity contribution < 1.29 is 9.53 Å². The van der Waals surface area contributed by atoms with Crippen molar-refractivity contribution in [3.63, 3.8) is 0 Å². The van der Waals surface area contributed by atoms with Gasteiger partial charge in [0.2, 0.25) is 5.91 Å². The van der Waals surface area contributed by atoms with Gasteiger partial charge in [0, 0.05) is 25.2 Å². The van der Waals surface area contributed by atoms with E-state index in [0.29, 0.717) is 23.7 Å². The van der Waals surface area contributed by atoms with Crippen LogP contribution in [0, 0.1) is 5.92 Å². The molecule has 0 bridgehead atoms. The number of aromatic nitrogens is 1. The maximum absolute atomic E-state index is 13.0. The molecule has 7 heteroatoms. The molecule has 4 rings (SSSR count). The van der Waals surface area contributed by atoms with Crippen molar-refractivity contribution in [1.29, 1.82) is 0 Å². The summed E-state index contributed by atoms with van der Waals surface area (Å²) in [7, 11) is 0. The number of benzene rings is 2. The van der Waals surface area contributed by atoms with Gasteiger partial charge in [-0.25, -0.2) is 0 Å². The lowest BCUT2D eigenvalue weighted by Crippen LogP contribution is -2.28. The van der Waals surface area contributed by atoms with Crippen molar-refractivity contribution >= 4 is 36.4 Å². The summed E-state index contributed by atoms with van der Waals surface area (Å²) in [5.74, 6) is 1.26. The van der Waals surface area contributed by atoms with Gasteiger partial charge in [0.1, 0.15) is 5.75 Å². The van der Waals surface area contributed by atoms with Gasteiger partial charge < -0.3 is 15.4 Å². The Hall–Kier alpha value is -2.60. The van der Waals surface area contributed by atoms with Crippen molar-refractivity contribution in [2.75, 3.05) is 18.4 Å². The fourth-order valence-electron chi connectivity index (χ4n) is 3.42. The number of carbonyl (C=O) groups excluding carboxylic acids is 1. The molecule has 0 unspecified atom stereocenters. The molecule has 2 aromatic carbocycles. The van der Waals surface area contributed by atoms with Crippen LogP contribution in [0.1, 0.15) is 11.5 Å². The summed E-state index contributed by atoms with van der Waals surface area (Å²) < 4.78 is 5.89. The van der Waals surface area contributed by atoms with Crippen LogP contribution in [0.3, 0.4) is 0 Å². The molecule has 0 spiro atoms. The first kappa shape index (κ1) is 22.7. The minimum atomic E-state index is -0.126. The molecule has 0 radical (unpaired) electrons. The molecule has 29 heavy (non-hydrogen) atoms. The number of pyridine rings is 1. The van der Waals surface area contributed by atoms with E-state index < -0.39 is 0 Å². The standard InChI is InChI=1S/C22H21N3O2.2ClH/c26-22(19-15-24-14-18(19)16-7-2-1-3-8-16)25-20-10-4-5-11-21(20)27-17-9-6-12-23-13-17;;/h1-13,18-19,24H,14-15H2,(H,25,26);2*1H/t18-,19+;;/m0../s1. The van der Waals surface area contributed by atoms with Crippen LogP contribution in [0.4, 0.5) is 5.69 Å². The summed E-state index contributed by atoms with van der Waals surface area (Å²) in [6, 6.07) is 21.3. The Bertz CT molecular complexity index is 910. The lowest BCUT2D eigenvalue weighted by molar-refractivity contribution is -0.119. The van der Waals surface area contributed by atoms with E-state index in [-0.39, 0.29) is 42.6 Å². The molecule has 3 aromatic rings. The third-order valence-corrected chi connectivity index (χ3v) is 4.79. The first-order valence-corrected chi connectivity index (χ1v) is 9.05. The van der Waals surface area contributed by atoms with E-state index in [1.165, 1.54) is 5.56 Å². The number of anilines is 1. The van der Waals surface area contributed by atoms with Crippen molar-refractivity contribution in [2.24, 2.45) is 5.92 Å². The summed E-state index contributed by atoms with van der Waals surface area (Å²) in [5.41, 5.74) is 1.84. The average molecular weight is 432 g/mol. The highest BCUT2D eigenvalue weighted by Gasteiger charge is 2.34. The fraction of sp³-hybridized carbons (Fsp3) is 0.182. The predicted octanol–water partition coefficient (Wildman–Crippen LogP) is 4.66. The van der Waals surface area contributed by atoms with Gasteiger partial charge in [-0.3, -0.25) is 9.78 Å². The van der Waals surface area contributed by atoms with Gasteiger partial charge in [-0.1, -0.05) is 42.5 Å². The second kappa shape index (κ2) is 10.8. The predicted molar refractivity (Wildman–Crippen MR) is 119 cm³/mol. The number of nitrogens with one attached hydrogen (secondary N) is 2. The number of amides is 1. The minimum absolute atomic E-state index is 0. The Morgan fingerprint density at radius 3 is 2.48 bits per heavy atom. The van der Waals surface area contributed by atoms with E-state index in [9.17, 15) is 4.79 Å². The highest BCUT2D eigenvalue weighted by Crippen LogP contribution is 2.32. The van der Waals surface area contributed by atoms with Gasteiger partial charge in [-0.05, 0) is 29.8 Å². The Kier molecular flexibility index (Phi) is 8.46. The number of hydrogen-bond acceptors (Lipinski definition) is 4. The maximum atomic E-state index is 13.0. The van der Waals surface area contributed by atoms with Gasteiger partial charge in [0.05, 0.1) is 17.8 Å². The van der Waals surface area contributed by atoms with E-state index in [1.807, 2.05) is 54.6 Å². The molecular weight excluding hydrogens is 409 g/mol. The molecule has 152 valence electrons. The zero-order chi connectivity index (χ0) is 18.5. The van der Waals surface area contributed by atoms with Crippen LogP contribution in [0.2, 0.25) is 0 Å². The molecule has 0 saturated carbocycles. The van der Waals surface area contributed by atoms with Gasteiger partial charge in [0.15, 0.2) is 5.75 Å². The second-order valence-electron chi connectivity index (χ2n) is 6.56.